The summed E-state index contributed by atoms with van der Waals surface area (Å²) < 4.78 is 2.40. The minimum absolute atomic E-state index is 0.518. The quantitative estimate of drug-likeness (QED) is 0.863. The molecule has 1 aromatic carbocycles. The van der Waals surface area contributed by atoms with E-state index in [1.165, 1.54) is 34.9 Å². The molecular formula is C16H22N2. The standard InChI is InChI=1S/C16H22N2/c1-11(2)18-10-13(9-17-14-5-6-14)15-7-4-12(3)8-16(15)18/h4,7-8,10-11,14,17H,5-6,9H2,1-3H3. The van der Waals surface area contributed by atoms with Crippen molar-refractivity contribution in [3.05, 3.63) is 35.5 Å². The van der Waals surface area contributed by atoms with E-state index in [4.69, 9.17) is 0 Å². The largest absolute Gasteiger partial charge is 0.345 e. The van der Waals surface area contributed by atoms with E-state index in [2.05, 4.69) is 55.1 Å². The molecule has 1 fully saturated rings. The highest BCUT2D eigenvalue weighted by Gasteiger charge is 2.21. The Morgan fingerprint density at radius 2 is 2.11 bits per heavy atom. The molecule has 0 saturated heterocycles. The lowest BCUT2D eigenvalue weighted by Gasteiger charge is -2.09. The van der Waals surface area contributed by atoms with Gasteiger partial charge in [0.15, 0.2) is 0 Å². The lowest BCUT2D eigenvalue weighted by molar-refractivity contribution is 0.616. The maximum atomic E-state index is 3.62. The van der Waals surface area contributed by atoms with E-state index in [0.717, 1.165) is 12.6 Å². The van der Waals surface area contributed by atoms with Crippen LogP contribution in [0.2, 0.25) is 0 Å². The number of benzene rings is 1. The zero-order chi connectivity index (χ0) is 12.7. The zero-order valence-electron chi connectivity index (χ0n) is 11.5. The van der Waals surface area contributed by atoms with Gasteiger partial charge in [-0.1, -0.05) is 12.1 Å². The van der Waals surface area contributed by atoms with Crippen molar-refractivity contribution >= 4 is 10.9 Å². The van der Waals surface area contributed by atoms with Crippen LogP contribution in [0.25, 0.3) is 10.9 Å². The van der Waals surface area contributed by atoms with Gasteiger partial charge in [0.05, 0.1) is 0 Å². The van der Waals surface area contributed by atoms with Crippen molar-refractivity contribution in [3.63, 3.8) is 0 Å². The molecule has 0 spiro atoms. The highest BCUT2D eigenvalue weighted by atomic mass is 15.0. The molecule has 0 radical (unpaired) electrons. The van der Waals surface area contributed by atoms with E-state index in [0.29, 0.717) is 6.04 Å². The van der Waals surface area contributed by atoms with Gasteiger partial charge < -0.3 is 9.88 Å². The van der Waals surface area contributed by atoms with E-state index >= 15 is 0 Å². The van der Waals surface area contributed by atoms with Crippen LogP contribution in [0.4, 0.5) is 0 Å². The summed E-state index contributed by atoms with van der Waals surface area (Å²) in [5.74, 6) is 0. The molecule has 0 unspecified atom stereocenters. The SMILES string of the molecule is Cc1ccc2c(CNC3CC3)cn(C(C)C)c2c1. The average Bonchev–Trinajstić information content (AvgIpc) is 3.08. The van der Waals surface area contributed by atoms with Crippen LogP contribution in [-0.4, -0.2) is 10.6 Å². The molecule has 0 atom stereocenters. The van der Waals surface area contributed by atoms with E-state index in [1.807, 2.05) is 0 Å². The molecule has 96 valence electrons. The number of aryl methyl sites for hydroxylation is 1. The second-order valence-corrected chi connectivity index (χ2v) is 5.83. The summed E-state index contributed by atoms with van der Waals surface area (Å²) in [6.45, 7) is 7.67. The predicted octanol–water partition coefficient (Wildman–Crippen LogP) is 3.78. The summed E-state index contributed by atoms with van der Waals surface area (Å²) in [6.07, 6.45) is 5.02. The Bertz CT molecular complexity index is 562. The summed E-state index contributed by atoms with van der Waals surface area (Å²) in [4.78, 5) is 0. The van der Waals surface area contributed by atoms with Gasteiger partial charge in [0.2, 0.25) is 0 Å². The van der Waals surface area contributed by atoms with E-state index < -0.39 is 0 Å². The Labute approximate surface area is 109 Å². The van der Waals surface area contributed by atoms with Crippen LogP contribution in [0.5, 0.6) is 0 Å². The Kier molecular flexibility index (Phi) is 2.90. The Hall–Kier alpha value is -1.28. The number of nitrogens with zero attached hydrogens (tertiary/aromatic N) is 1. The van der Waals surface area contributed by atoms with Crippen LogP contribution in [-0.2, 0) is 6.54 Å². The summed E-state index contributed by atoms with van der Waals surface area (Å²) >= 11 is 0. The maximum Gasteiger partial charge on any atom is 0.0488 e. The molecule has 1 aliphatic carbocycles. The molecule has 0 amide bonds. The summed E-state index contributed by atoms with van der Waals surface area (Å²) in [6, 6.07) is 8.08. The molecule has 2 heteroatoms. The van der Waals surface area contributed by atoms with E-state index in [9.17, 15) is 0 Å². The van der Waals surface area contributed by atoms with Crippen molar-refractivity contribution in [2.75, 3.05) is 0 Å². The fourth-order valence-electron chi connectivity index (χ4n) is 2.54. The average molecular weight is 242 g/mol. The fourth-order valence-corrected chi connectivity index (χ4v) is 2.54. The number of aromatic nitrogens is 1. The molecule has 1 heterocycles. The number of hydrogen-bond donors (Lipinski definition) is 1. The first kappa shape index (κ1) is 11.8. The second-order valence-electron chi connectivity index (χ2n) is 5.83. The molecule has 2 nitrogen and oxygen atoms in total. The molecule has 18 heavy (non-hydrogen) atoms. The highest BCUT2D eigenvalue weighted by Crippen LogP contribution is 2.27. The smallest absolute Gasteiger partial charge is 0.0488 e. The first-order valence-corrected chi connectivity index (χ1v) is 6.98. The van der Waals surface area contributed by atoms with Gasteiger partial charge in [0.25, 0.3) is 0 Å². The number of fused-ring (bicyclic) bond motifs is 1. The number of nitrogens with one attached hydrogen (secondary N) is 1. The molecule has 3 rings (SSSR count). The van der Waals surface area contributed by atoms with Crippen LogP contribution in [0, 0.1) is 6.92 Å². The Balaban J connectivity index is 2.01. The van der Waals surface area contributed by atoms with Gasteiger partial charge in [-0.3, -0.25) is 0 Å². The molecule has 1 N–H and O–H groups in total. The monoisotopic (exact) mass is 242 g/mol. The molecule has 1 saturated carbocycles. The van der Waals surface area contributed by atoms with Gasteiger partial charge in [-0.05, 0) is 50.8 Å². The number of hydrogen-bond acceptors (Lipinski definition) is 1. The normalized spacial score (nSPS) is 15.8. The highest BCUT2D eigenvalue weighted by molar-refractivity contribution is 5.84. The van der Waals surface area contributed by atoms with Crippen molar-refractivity contribution in [1.29, 1.82) is 0 Å². The van der Waals surface area contributed by atoms with Gasteiger partial charge in [-0.25, -0.2) is 0 Å². The van der Waals surface area contributed by atoms with Crippen LogP contribution in [0.15, 0.2) is 24.4 Å². The first-order valence-electron chi connectivity index (χ1n) is 6.98. The lowest BCUT2D eigenvalue weighted by atomic mass is 10.1. The molecular weight excluding hydrogens is 220 g/mol. The van der Waals surface area contributed by atoms with Crippen molar-refractivity contribution < 1.29 is 0 Å². The Morgan fingerprint density at radius 1 is 1.33 bits per heavy atom. The first-order chi connectivity index (χ1) is 8.65. The van der Waals surface area contributed by atoms with Crippen LogP contribution in [0.3, 0.4) is 0 Å². The van der Waals surface area contributed by atoms with Gasteiger partial charge in [-0.2, -0.15) is 0 Å². The van der Waals surface area contributed by atoms with E-state index in [-0.39, 0.29) is 0 Å². The third-order valence-corrected chi connectivity index (χ3v) is 3.79. The number of rotatable bonds is 4. The van der Waals surface area contributed by atoms with Crippen LogP contribution in [0.1, 0.15) is 43.9 Å². The maximum absolute atomic E-state index is 3.62. The topological polar surface area (TPSA) is 17.0 Å². The van der Waals surface area contributed by atoms with Crippen molar-refractivity contribution in [1.82, 2.24) is 9.88 Å². The van der Waals surface area contributed by atoms with Gasteiger partial charge in [-0.15, -0.1) is 0 Å². The van der Waals surface area contributed by atoms with Crippen LogP contribution < -0.4 is 5.32 Å². The predicted molar refractivity (Wildman–Crippen MR) is 76.9 cm³/mol. The minimum Gasteiger partial charge on any atom is -0.345 e. The summed E-state index contributed by atoms with van der Waals surface area (Å²) in [5, 5.41) is 5.02. The summed E-state index contributed by atoms with van der Waals surface area (Å²) in [5.41, 5.74) is 4.15. The molecule has 2 aromatic rings. The van der Waals surface area contributed by atoms with Crippen molar-refractivity contribution in [3.8, 4) is 0 Å². The van der Waals surface area contributed by atoms with E-state index in [1.54, 1.807) is 0 Å². The third-order valence-electron chi connectivity index (χ3n) is 3.79. The zero-order valence-corrected chi connectivity index (χ0v) is 11.5. The Morgan fingerprint density at radius 3 is 2.78 bits per heavy atom. The summed E-state index contributed by atoms with van der Waals surface area (Å²) in [7, 11) is 0. The molecule has 1 aliphatic rings. The second kappa shape index (κ2) is 4.43. The lowest BCUT2D eigenvalue weighted by Crippen LogP contribution is -2.15. The van der Waals surface area contributed by atoms with Crippen LogP contribution >= 0.6 is 0 Å². The molecule has 1 aromatic heterocycles. The molecule has 0 bridgehead atoms. The van der Waals surface area contributed by atoms with Gasteiger partial charge in [0.1, 0.15) is 0 Å². The third kappa shape index (κ3) is 2.17. The van der Waals surface area contributed by atoms with Crippen molar-refractivity contribution in [2.45, 2.75) is 52.2 Å². The van der Waals surface area contributed by atoms with Crippen molar-refractivity contribution in [2.24, 2.45) is 0 Å². The molecule has 0 aliphatic heterocycles. The van der Waals surface area contributed by atoms with Gasteiger partial charge in [0, 0.05) is 35.7 Å². The van der Waals surface area contributed by atoms with Gasteiger partial charge >= 0.3 is 0 Å². The fraction of sp³-hybridized carbons (Fsp3) is 0.500. The minimum atomic E-state index is 0.518.